The van der Waals surface area contributed by atoms with Crippen molar-refractivity contribution in [2.75, 3.05) is 12.3 Å². The maximum atomic E-state index is 12.6. The normalized spacial score (nSPS) is 17.7. The molecule has 1 saturated carbocycles. The molecular weight excluding hydrogens is 252 g/mol. The van der Waals surface area contributed by atoms with Crippen LogP contribution in [0.2, 0.25) is 0 Å². The third-order valence-electron chi connectivity index (χ3n) is 3.45. The number of hydrogen-bond acceptors (Lipinski definition) is 4. The number of hydrogen-bond donors (Lipinski definition) is 1. The van der Waals surface area contributed by atoms with Gasteiger partial charge in [-0.1, -0.05) is 19.8 Å². The lowest BCUT2D eigenvalue weighted by molar-refractivity contribution is 0.335. The van der Waals surface area contributed by atoms with Crippen molar-refractivity contribution in [3.05, 3.63) is 6.20 Å². The average Bonchev–Trinajstić information content (AvgIpc) is 2.89. The lowest BCUT2D eigenvalue weighted by Crippen LogP contribution is -2.38. The van der Waals surface area contributed by atoms with E-state index in [0.717, 1.165) is 25.7 Å². The van der Waals surface area contributed by atoms with E-state index in [9.17, 15) is 8.42 Å². The van der Waals surface area contributed by atoms with Gasteiger partial charge in [-0.15, -0.1) is 0 Å². The molecule has 7 heteroatoms. The van der Waals surface area contributed by atoms with Gasteiger partial charge in [0.05, 0.1) is 0 Å². The van der Waals surface area contributed by atoms with Crippen molar-refractivity contribution >= 4 is 15.8 Å². The highest BCUT2D eigenvalue weighted by atomic mass is 32.2. The smallest absolute Gasteiger partial charge is 0.248 e. The lowest BCUT2D eigenvalue weighted by atomic mass is 10.2. The Balaban J connectivity index is 2.36. The molecule has 1 aliphatic rings. The maximum absolute atomic E-state index is 12.6. The standard InChI is InChI=1S/C11H20N4O2S/c1-3-15(9-6-4-5-7-9)18(16,17)10-8-14(2)13-11(10)12/h8-9H,3-7H2,1-2H3,(H2,12,13). The molecule has 102 valence electrons. The minimum atomic E-state index is -3.52. The summed E-state index contributed by atoms with van der Waals surface area (Å²) in [6.07, 6.45) is 5.54. The molecule has 0 saturated heterocycles. The summed E-state index contributed by atoms with van der Waals surface area (Å²) in [4.78, 5) is 0.124. The number of aryl methyl sites for hydroxylation is 1. The molecule has 1 aromatic heterocycles. The van der Waals surface area contributed by atoms with Crippen molar-refractivity contribution in [2.24, 2.45) is 7.05 Å². The maximum Gasteiger partial charge on any atom is 0.248 e. The van der Waals surface area contributed by atoms with Crippen LogP contribution in [0.4, 0.5) is 5.82 Å². The summed E-state index contributed by atoms with van der Waals surface area (Å²) >= 11 is 0. The first-order chi connectivity index (χ1) is 8.46. The van der Waals surface area contributed by atoms with Gasteiger partial charge in [-0.2, -0.15) is 9.40 Å². The lowest BCUT2D eigenvalue weighted by Gasteiger charge is -2.26. The molecular formula is C11H20N4O2S. The van der Waals surface area contributed by atoms with E-state index < -0.39 is 10.0 Å². The van der Waals surface area contributed by atoms with Crippen molar-refractivity contribution in [1.29, 1.82) is 0 Å². The van der Waals surface area contributed by atoms with Gasteiger partial charge in [-0.3, -0.25) is 4.68 Å². The highest BCUT2D eigenvalue weighted by molar-refractivity contribution is 7.89. The second-order valence-electron chi connectivity index (χ2n) is 4.70. The van der Waals surface area contributed by atoms with E-state index in [0.29, 0.717) is 6.54 Å². The molecule has 0 radical (unpaired) electrons. The largest absolute Gasteiger partial charge is 0.381 e. The van der Waals surface area contributed by atoms with Crippen molar-refractivity contribution in [1.82, 2.24) is 14.1 Å². The molecule has 0 spiro atoms. The second kappa shape index (κ2) is 4.89. The van der Waals surface area contributed by atoms with Crippen LogP contribution in [-0.2, 0) is 17.1 Å². The van der Waals surface area contributed by atoms with Gasteiger partial charge >= 0.3 is 0 Å². The van der Waals surface area contributed by atoms with Gasteiger partial charge in [-0.25, -0.2) is 8.42 Å². The Morgan fingerprint density at radius 1 is 1.50 bits per heavy atom. The molecule has 0 unspecified atom stereocenters. The number of nitrogens with zero attached hydrogens (tertiary/aromatic N) is 3. The van der Waals surface area contributed by atoms with Crippen LogP contribution >= 0.6 is 0 Å². The third kappa shape index (κ3) is 2.24. The van der Waals surface area contributed by atoms with Gasteiger partial charge in [0.25, 0.3) is 0 Å². The zero-order valence-electron chi connectivity index (χ0n) is 10.8. The molecule has 2 N–H and O–H groups in total. The fraction of sp³-hybridized carbons (Fsp3) is 0.727. The van der Waals surface area contributed by atoms with Crippen LogP contribution in [-0.4, -0.2) is 35.1 Å². The molecule has 0 aliphatic heterocycles. The van der Waals surface area contributed by atoms with E-state index in [2.05, 4.69) is 5.10 Å². The highest BCUT2D eigenvalue weighted by Gasteiger charge is 2.34. The quantitative estimate of drug-likeness (QED) is 0.885. The number of rotatable bonds is 4. The van der Waals surface area contributed by atoms with Crippen LogP contribution in [0.1, 0.15) is 32.6 Å². The van der Waals surface area contributed by atoms with E-state index in [1.54, 1.807) is 11.4 Å². The first-order valence-electron chi connectivity index (χ1n) is 6.27. The fourth-order valence-electron chi connectivity index (χ4n) is 2.63. The first-order valence-corrected chi connectivity index (χ1v) is 7.71. The Kier molecular flexibility index (Phi) is 3.63. The summed E-state index contributed by atoms with van der Waals surface area (Å²) in [5.41, 5.74) is 5.68. The number of nitrogens with two attached hydrogens (primary N) is 1. The average molecular weight is 272 g/mol. The van der Waals surface area contributed by atoms with Crippen molar-refractivity contribution in [3.63, 3.8) is 0 Å². The molecule has 0 atom stereocenters. The molecule has 6 nitrogen and oxygen atoms in total. The van der Waals surface area contributed by atoms with Crippen LogP contribution in [0.25, 0.3) is 0 Å². The fourth-order valence-corrected chi connectivity index (χ4v) is 4.41. The first kappa shape index (κ1) is 13.4. The summed E-state index contributed by atoms with van der Waals surface area (Å²) < 4.78 is 28.2. The highest BCUT2D eigenvalue weighted by Crippen LogP contribution is 2.29. The van der Waals surface area contributed by atoms with E-state index in [4.69, 9.17) is 5.73 Å². The Bertz CT molecular complexity index is 517. The molecule has 1 aromatic rings. The van der Waals surface area contributed by atoms with Gasteiger partial charge in [0.15, 0.2) is 5.82 Å². The van der Waals surface area contributed by atoms with Crippen LogP contribution in [0.5, 0.6) is 0 Å². The second-order valence-corrected chi connectivity index (χ2v) is 6.56. The SMILES string of the molecule is CCN(C1CCCC1)S(=O)(=O)c1cn(C)nc1N. The zero-order chi connectivity index (χ0) is 13.3. The van der Waals surface area contributed by atoms with Gasteiger partial charge < -0.3 is 5.73 Å². The van der Waals surface area contributed by atoms with Crippen LogP contribution in [0.3, 0.4) is 0 Å². The molecule has 0 amide bonds. The van der Waals surface area contributed by atoms with Gasteiger partial charge in [-0.05, 0) is 12.8 Å². The zero-order valence-corrected chi connectivity index (χ0v) is 11.7. The molecule has 2 rings (SSSR count). The Labute approximate surface area is 108 Å². The Morgan fingerprint density at radius 3 is 2.56 bits per heavy atom. The number of sulfonamides is 1. The molecule has 1 heterocycles. The minimum Gasteiger partial charge on any atom is -0.381 e. The van der Waals surface area contributed by atoms with E-state index in [-0.39, 0.29) is 16.8 Å². The topological polar surface area (TPSA) is 81.2 Å². The predicted molar refractivity (Wildman–Crippen MR) is 69.4 cm³/mol. The Hall–Kier alpha value is -1.08. The van der Waals surface area contributed by atoms with Crippen molar-refractivity contribution in [3.8, 4) is 0 Å². The Morgan fingerprint density at radius 2 is 2.11 bits per heavy atom. The summed E-state index contributed by atoms with van der Waals surface area (Å²) in [7, 11) is -1.85. The van der Waals surface area contributed by atoms with Gasteiger partial charge in [0.1, 0.15) is 4.90 Å². The number of aromatic nitrogens is 2. The summed E-state index contributed by atoms with van der Waals surface area (Å²) in [6.45, 7) is 2.34. The minimum absolute atomic E-state index is 0.0777. The number of nitrogen functional groups attached to an aromatic ring is 1. The van der Waals surface area contributed by atoms with Gasteiger partial charge in [0, 0.05) is 25.8 Å². The number of anilines is 1. The third-order valence-corrected chi connectivity index (χ3v) is 5.50. The summed E-state index contributed by atoms with van der Waals surface area (Å²) in [5, 5.41) is 3.91. The molecule has 1 aliphatic carbocycles. The molecule has 0 aromatic carbocycles. The van der Waals surface area contributed by atoms with Crippen molar-refractivity contribution in [2.45, 2.75) is 43.5 Å². The van der Waals surface area contributed by atoms with Crippen LogP contribution in [0, 0.1) is 0 Å². The van der Waals surface area contributed by atoms with Crippen LogP contribution < -0.4 is 5.73 Å². The monoisotopic (exact) mass is 272 g/mol. The molecule has 18 heavy (non-hydrogen) atoms. The van der Waals surface area contributed by atoms with Gasteiger partial charge in [0.2, 0.25) is 10.0 Å². The van der Waals surface area contributed by atoms with E-state index in [1.165, 1.54) is 10.9 Å². The molecule has 0 bridgehead atoms. The molecule has 1 fully saturated rings. The van der Waals surface area contributed by atoms with Crippen LogP contribution in [0.15, 0.2) is 11.1 Å². The van der Waals surface area contributed by atoms with Crippen molar-refractivity contribution < 1.29 is 8.42 Å². The predicted octanol–water partition coefficient (Wildman–Crippen LogP) is 0.956. The van der Waals surface area contributed by atoms with E-state index in [1.807, 2.05) is 6.92 Å². The summed E-state index contributed by atoms with van der Waals surface area (Å²) in [6, 6.07) is 0.111. The van der Waals surface area contributed by atoms with E-state index >= 15 is 0 Å². The summed E-state index contributed by atoms with van der Waals surface area (Å²) in [5.74, 6) is 0.0777.